The van der Waals surface area contributed by atoms with Gasteiger partial charge in [0.05, 0.1) is 0 Å². The zero-order valence-corrected chi connectivity index (χ0v) is 13.4. The third-order valence-corrected chi connectivity index (χ3v) is 5.97. The Morgan fingerprint density at radius 2 is 2.05 bits per heavy atom. The first-order valence-corrected chi connectivity index (χ1v) is 8.60. The Kier molecular flexibility index (Phi) is 6.41. The van der Waals surface area contributed by atoms with Crippen LogP contribution >= 0.6 is 11.3 Å². The molecule has 3 N–H and O–H groups in total. The van der Waals surface area contributed by atoms with Crippen molar-refractivity contribution in [1.29, 1.82) is 0 Å². The topological polar surface area (TPSA) is 75.4 Å². The number of nitrogens with zero attached hydrogens (tertiary/aromatic N) is 1. The Hall–Kier alpha value is -0.470. The van der Waals surface area contributed by atoms with Crippen molar-refractivity contribution >= 4 is 21.4 Å². The molecule has 0 aromatic carbocycles. The highest BCUT2D eigenvalue weighted by atomic mass is 32.2. The number of rotatable bonds is 8. The summed E-state index contributed by atoms with van der Waals surface area (Å²) in [5, 5.41) is 0. The molecule has 19 heavy (non-hydrogen) atoms. The van der Waals surface area contributed by atoms with Gasteiger partial charge in [0.15, 0.2) is 0 Å². The number of nitrogens with two attached hydrogens (primary N) is 1. The Balaban J connectivity index is 2.51. The minimum atomic E-state index is -3.37. The molecule has 0 aliphatic rings. The molecule has 0 fully saturated rings. The summed E-state index contributed by atoms with van der Waals surface area (Å²) in [4.78, 5) is 3.01. The molecule has 1 aromatic heterocycles. The van der Waals surface area contributed by atoms with Crippen LogP contribution in [0.4, 0.5) is 0 Å². The van der Waals surface area contributed by atoms with E-state index in [9.17, 15) is 8.42 Å². The Labute approximate surface area is 119 Å². The van der Waals surface area contributed by atoms with Crippen molar-refractivity contribution in [2.24, 2.45) is 5.73 Å². The monoisotopic (exact) mass is 305 g/mol. The van der Waals surface area contributed by atoms with Gasteiger partial charge in [-0.15, -0.1) is 11.3 Å². The Bertz CT molecular complexity index is 495. The van der Waals surface area contributed by atoms with E-state index in [0.29, 0.717) is 17.3 Å². The van der Waals surface area contributed by atoms with E-state index in [4.69, 9.17) is 5.73 Å². The predicted octanol–water partition coefficient (Wildman–Crippen LogP) is 1.14. The third kappa shape index (κ3) is 5.19. The summed E-state index contributed by atoms with van der Waals surface area (Å²) in [6, 6.07) is 1.69. The van der Waals surface area contributed by atoms with Gasteiger partial charge in [0.1, 0.15) is 4.21 Å². The van der Waals surface area contributed by atoms with E-state index >= 15 is 0 Å². The van der Waals surface area contributed by atoms with Gasteiger partial charge >= 0.3 is 0 Å². The summed E-state index contributed by atoms with van der Waals surface area (Å²) < 4.78 is 27.1. The number of sulfonamides is 1. The fourth-order valence-corrected chi connectivity index (χ4v) is 4.24. The standard InChI is InChI=1S/C12H23N3O2S2/c1-10-8-12(18-11(10)9-13)19(16,17)14-6-4-5-7-15(2)3/h8,14H,4-7,9,13H2,1-3H3. The second-order valence-corrected chi connectivity index (χ2v) is 7.91. The molecule has 0 unspecified atom stereocenters. The summed E-state index contributed by atoms with van der Waals surface area (Å²) in [5.41, 5.74) is 6.51. The van der Waals surface area contributed by atoms with Crippen LogP contribution in [0, 0.1) is 6.92 Å². The van der Waals surface area contributed by atoms with E-state index in [1.807, 2.05) is 21.0 Å². The molecule has 0 bridgehead atoms. The lowest BCUT2D eigenvalue weighted by atomic mass is 10.3. The summed E-state index contributed by atoms with van der Waals surface area (Å²) in [7, 11) is 0.640. The molecule has 1 heterocycles. The molecule has 1 rings (SSSR count). The molecule has 5 nitrogen and oxygen atoms in total. The molecule has 0 spiro atoms. The van der Waals surface area contributed by atoms with E-state index in [-0.39, 0.29) is 0 Å². The minimum absolute atomic E-state index is 0.359. The zero-order valence-electron chi connectivity index (χ0n) is 11.8. The zero-order chi connectivity index (χ0) is 14.5. The number of hydrogen-bond donors (Lipinski definition) is 2. The first-order chi connectivity index (χ1) is 8.86. The lowest BCUT2D eigenvalue weighted by Crippen LogP contribution is -2.24. The molecule has 0 saturated heterocycles. The van der Waals surface area contributed by atoms with E-state index in [0.717, 1.165) is 29.8 Å². The molecule has 110 valence electrons. The molecule has 0 amide bonds. The van der Waals surface area contributed by atoms with Gasteiger partial charge in [-0.2, -0.15) is 0 Å². The van der Waals surface area contributed by atoms with Crippen LogP contribution in [-0.2, 0) is 16.6 Å². The van der Waals surface area contributed by atoms with Crippen LogP contribution in [-0.4, -0.2) is 40.5 Å². The average molecular weight is 305 g/mol. The van der Waals surface area contributed by atoms with Crippen LogP contribution in [0.5, 0.6) is 0 Å². The van der Waals surface area contributed by atoms with Gasteiger partial charge < -0.3 is 10.6 Å². The third-order valence-electron chi connectivity index (χ3n) is 2.77. The van der Waals surface area contributed by atoms with Crippen LogP contribution in [0.2, 0.25) is 0 Å². The SMILES string of the molecule is Cc1cc(S(=O)(=O)NCCCCN(C)C)sc1CN. The largest absolute Gasteiger partial charge is 0.326 e. The average Bonchev–Trinajstić information content (AvgIpc) is 2.70. The van der Waals surface area contributed by atoms with E-state index < -0.39 is 10.0 Å². The first-order valence-electron chi connectivity index (χ1n) is 6.30. The van der Waals surface area contributed by atoms with E-state index in [2.05, 4.69) is 9.62 Å². The first kappa shape index (κ1) is 16.6. The van der Waals surface area contributed by atoms with Gasteiger partial charge in [-0.05, 0) is 52.0 Å². The number of aryl methyl sites for hydroxylation is 1. The van der Waals surface area contributed by atoms with Crippen molar-refractivity contribution in [2.75, 3.05) is 27.2 Å². The summed E-state index contributed by atoms with van der Waals surface area (Å²) >= 11 is 1.25. The smallest absolute Gasteiger partial charge is 0.250 e. The summed E-state index contributed by atoms with van der Waals surface area (Å²) in [6.07, 6.45) is 1.82. The molecular weight excluding hydrogens is 282 g/mol. The van der Waals surface area contributed by atoms with Crippen molar-refractivity contribution in [1.82, 2.24) is 9.62 Å². The Morgan fingerprint density at radius 3 is 2.58 bits per heavy atom. The number of hydrogen-bond acceptors (Lipinski definition) is 5. The van der Waals surface area contributed by atoms with Gasteiger partial charge in [0.2, 0.25) is 10.0 Å². The quantitative estimate of drug-likeness (QED) is 0.706. The lowest BCUT2D eigenvalue weighted by Gasteiger charge is -2.09. The fraction of sp³-hybridized carbons (Fsp3) is 0.667. The second-order valence-electron chi connectivity index (χ2n) is 4.78. The van der Waals surface area contributed by atoms with Gasteiger partial charge in [0.25, 0.3) is 0 Å². The van der Waals surface area contributed by atoms with Crippen LogP contribution in [0.15, 0.2) is 10.3 Å². The maximum atomic E-state index is 12.1. The van der Waals surface area contributed by atoms with Crippen molar-refractivity contribution in [3.05, 3.63) is 16.5 Å². The van der Waals surface area contributed by atoms with Crippen molar-refractivity contribution in [2.45, 2.75) is 30.5 Å². The molecule has 0 aliphatic carbocycles. The molecule has 0 atom stereocenters. The van der Waals surface area contributed by atoms with Gasteiger partial charge in [0, 0.05) is 18.0 Å². The van der Waals surface area contributed by atoms with Gasteiger partial charge in [-0.25, -0.2) is 13.1 Å². The van der Waals surface area contributed by atoms with E-state index in [1.54, 1.807) is 6.07 Å². The Morgan fingerprint density at radius 1 is 1.37 bits per heavy atom. The maximum Gasteiger partial charge on any atom is 0.250 e. The van der Waals surface area contributed by atoms with E-state index in [1.165, 1.54) is 11.3 Å². The van der Waals surface area contributed by atoms with Crippen LogP contribution in [0.25, 0.3) is 0 Å². The van der Waals surface area contributed by atoms with Gasteiger partial charge in [-0.3, -0.25) is 0 Å². The second kappa shape index (κ2) is 7.35. The molecular formula is C12H23N3O2S2. The van der Waals surface area contributed by atoms with Crippen LogP contribution < -0.4 is 10.5 Å². The maximum absolute atomic E-state index is 12.1. The number of thiophene rings is 1. The highest BCUT2D eigenvalue weighted by Crippen LogP contribution is 2.25. The number of nitrogens with one attached hydrogen (secondary N) is 1. The van der Waals surface area contributed by atoms with Gasteiger partial charge in [-0.1, -0.05) is 0 Å². The highest BCUT2D eigenvalue weighted by Gasteiger charge is 2.17. The normalized spacial score (nSPS) is 12.3. The highest BCUT2D eigenvalue weighted by molar-refractivity contribution is 7.91. The minimum Gasteiger partial charge on any atom is -0.326 e. The molecule has 0 radical (unpaired) electrons. The number of unbranched alkanes of at least 4 members (excludes halogenated alkanes) is 1. The lowest BCUT2D eigenvalue weighted by molar-refractivity contribution is 0.394. The summed E-state index contributed by atoms with van der Waals surface area (Å²) in [5.74, 6) is 0. The van der Waals surface area contributed by atoms with Crippen LogP contribution in [0.3, 0.4) is 0 Å². The molecule has 0 saturated carbocycles. The molecule has 1 aromatic rings. The van der Waals surface area contributed by atoms with Crippen molar-refractivity contribution in [3.8, 4) is 0 Å². The predicted molar refractivity (Wildman–Crippen MR) is 79.9 cm³/mol. The fourth-order valence-electron chi connectivity index (χ4n) is 1.65. The van der Waals surface area contributed by atoms with Crippen molar-refractivity contribution < 1.29 is 8.42 Å². The molecule has 0 aliphatic heterocycles. The molecule has 7 heteroatoms. The van der Waals surface area contributed by atoms with Crippen molar-refractivity contribution in [3.63, 3.8) is 0 Å². The summed E-state index contributed by atoms with van der Waals surface area (Å²) in [6.45, 7) is 3.71. The van der Waals surface area contributed by atoms with Crippen LogP contribution in [0.1, 0.15) is 23.3 Å².